The van der Waals surface area contributed by atoms with Gasteiger partial charge >= 0.3 is 5.97 Å². The lowest BCUT2D eigenvalue weighted by molar-refractivity contribution is -0.151. The highest BCUT2D eigenvalue weighted by Gasteiger charge is 2.18. The Hall–Kier alpha value is -3.19. The number of nitrogens with zero attached hydrogens (tertiary/aromatic N) is 1. The number of anilines is 1. The molecule has 0 saturated carbocycles. The van der Waals surface area contributed by atoms with E-state index in [0.29, 0.717) is 16.3 Å². The number of carbonyl (C=O) groups is 4. The lowest BCUT2D eigenvalue weighted by Crippen LogP contribution is -2.37. The molecule has 3 rings (SSSR count). The van der Waals surface area contributed by atoms with Crippen LogP contribution in [0.5, 0.6) is 0 Å². The summed E-state index contributed by atoms with van der Waals surface area (Å²) in [6, 6.07) is 12.5. The quantitative estimate of drug-likeness (QED) is 0.444. The van der Waals surface area contributed by atoms with Crippen molar-refractivity contribution >= 4 is 40.9 Å². The van der Waals surface area contributed by atoms with E-state index in [1.807, 2.05) is 18.2 Å². The largest absolute Gasteiger partial charge is 0.456 e. The number of fused-ring (bicyclic) bond motifs is 1. The van der Waals surface area contributed by atoms with Crippen LogP contribution in [-0.4, -0.2) is 48.7 Å². The summed E-state index contributed by atoms with van der Waals surface area (Å²) >= 11 is 6.00. The van der Waals surface area contributed by atoms with Gasteiger partial charge in [0.2, 0.25) is 5.91 Å². The monoisotopic (exact) mass is 470 g/mol. The molecule has 0 heterocycles. The number of ether oxygens (including phenoxy) is 1. The third-order valence-corrected chi connectivity index (χ3v) is 5.87. The summed E-state index contributed by atoms with van der Waals surface area (Å²) < 4.78 is 4.99. The van der Waals surface area contributed by atoms with Crippen LogP contribution in [-0.2, 0) is 32.0 Å². The number of carbonyl (C=O) groups excluding carboxylic acids is 4. The van der Waals surface area contributed by atoms with Gasteiger partial charge in [0, 0.05) is 19.0 Å². The third kappa shape index (κ3) is 7.15. The molecule has 0 spiro atoms. The topological polar surface area (TPSA) is 92.8 Å². The van der Waals surface area contributed by atoms with Crippen molar-refractivity contribution in [2.45, 2.75) is 38.5 Å². The van der Waals surface area contributed by atoms with Crippen molar-refractivity contribution in [3.63, 3.8) is 0 Å². The Morgan fingerprint density at radius 2 is 1.73 bits per heavy atom. The molecule has 1 aliphatic carbocycles. The van der Waals surface area contributed by atoms with Gasteiger partial charge in [-0.1, -0.05) is 35.9 Å². The number of hydrogen-bond donors (Lipinski definition) is 1. The Morgan fingerprint density at radius 1 is 1.00 bits per heavy atom. The normalized spacial score (nSPS) is 12.4. The summed E-state index contributed by atoms with van der Waals surface area (Å²) in [5.74, 6) is -1.72. The van der Waals surface area contributed by atoms with Crippen molar-refractivity contribution in [3.8, 4) is 0 Å². The molecule has 1 N–H and O–H groups in total. The summed E-state index contributed by atoms with van der Waals surface area (Å²) in [6.07, 6.45) is 4.22. The minimum Gasteiger partial charge on any atom is -0.456 e. The number of Topliss-reactive ketones (excluding diaryl/α,β-unsaturated/α-hetero) is 1. The molecule has 2 aromatic carbocycles. The van der Waals surface area contributed by atoms with Crippen molar-refractivity contribution in [3.05, 3.63) is 64.2 Å². The molecule has 33 heavy (non-hydrogen) atoms. The van der Waals surface area contributed by atoms with Gasteiger partial charge in [0.15, 0.2) is 12.4 Å². The Labute approximate surface area is 198 Å². The van der Waals surface area contributed by atoms with Crippen LogP contribution >= 0.6 is 11.6 Å². The molecule has 0 aliphatic heterocycles. The van der Waals surface area contributed by atoms with Gasteiger partial charge in [-0.15, -0.1) is 0 Å². The summed E-state index contributed by atoms with van der Waals surface area (Å²) in [6.45, 7) is -0.722. The first kappa shape index (κ1) is 24.5. The zero-order valence-corrected chi connectivity index (χ0v) is 19.3. The minimum absolute atomic E-state index is 0.0158. The van der Waals surface area contributed by atoms with Gasteiger partial charge in [-0.05, 0) is 55.0 Å². The van der Waals surface area contributed by atoms with E-state index in [1.54, 1.807) is 24.3 Å². The van der Waals surface area contributed by atoms with Gasteiger partial charge in [0.05, 0.1) is 23.7 Å². The van der Waals surface area contributed by atoms with Crippen LogP contribution in [0.25, 0.3) is 0 Å². The molecule has 0 bridgehead atoms. The highest BCUT2D eigenvalue weighted by Crippen LogP contribution is 2.23. The van der Waals surface area contributed by atoms with Crippen LogP contribution in [0.1, 0.15) is 47.2 Å². The van der Waals surface area contributed by atoms with E-state index in [9.17, 15) is 19.2 Å². The molecule has 2 aromatic rings. The van der Waals surface area contributed by atoms with Crippen LogP contribution in [0.15, 0.2) is 42.5 Å². The number of aryl methyl sites for hydroxylation is 2. The Bertz CT molecular complexity index is 1050. The van der Waals surface area contributed by atoms with Crippen molar-refractivity contribution in [1.82, 2.24) is 4.90 Å². The summed E-state index contributed by atoms with van der Waals surface area (Å²) in [4.78, 5) is 49.9. The number of hydrogen-bond acceptors (Lipinski definition) is 5. The fraction of sp³-hybridized carbons (Fsp3) is 0.360. The molecular weight excluding hydrogens is 444 g/mol. The number of likely N-dealkylation sites (N-methyl/N-ethyl adjacent to an activating group) is 1. The smallest absolute Gasteiger partial charge is 0.306 e. The van der Waals surface area contributed by atoms with Gasteiger partial charge in [0.1, 0.15) is 0 Å². The molecule has 0 aromatic heterocycles. The third-order valence-electron chi connectivity index (χ3n) is 5.54. The SMILES string of the molecule is CN(CC(=O)Nc1ccccc1Cl)C(=O)COC(=O)CCC(=O)c1ccc2c(c1)CCCC2. The minimum atomic E-state index is -0.636. The van der Waals surface area contributed by atoms with E-state index < -0.39 is 24.4 Å². The van der Waals surface area contributed by atoms with Crippen molar-refractivity contribution in [1.29, 1.82) is 0 Å². The standard InChI is InChI=1S/C25H27ClN2O5/c1-28(15-23(30)27-21-9-5-4-8-20(21)26)24(31)16-33-25(32)13-12-22(29)19-11-10-17-6-2-3-7-18(17)14-19/h4-5,8-11,14H,2-3,6-7,12-13,15-16H2,1H3,(H,27,30). The summed E-state index contributed by atoms with van der Waals surface area (Å²) in [7, 11) is 1.43. The highest BCUT2D eigenvalue weighted by atomic mass is 35.5. The average molecular weight is 471 g/mol. The number of rotatable bonds is 9. The van der Waals surface area contributed by atoms with E-state index in [0.717, 1.165) is 24.2 Å². The number of nitrogens with one attached hydrogen (secondary N) is 1. The maximum Gasteiger partial charge on any atom is 0.306 e. The molecule has 2 amide bonds. The molecule has 0 saturated heterocycles. The molecule has 8 heteroatoms. The van der Waals surface area contributed by atoms with E-state index >= 15 is 0 Å². The Kier molecular flexibility index (Phi) is 8.60. The zero-order chi connectivity index (χ0) is 23.8. The van der Waals surface area contributed by atoms with Crippen LogP contribution in [0, 0.1) is 0 Å². The van der Waals surface area contributed by atoms with E-state index in [-0.39, 0.29) is 25.2 Å². The molecule has 174 valence electrons. The molecule has 1 aliphatic rings. The zero-order valence-electron chi connectivity index (χ0n) is 18.6. The lowest BCUT2D eigenvalue weighted by Gasteiger charge is -2.17. The number of para-hydroxylation sites is 1. The molecule has 0 unspecified atom stereocenters. The molecular formula is C25H27ClN2O5. The van der Waals surface area contributed by atoms with Crippen molar-refractivity contribution in [2.75, 3.05) is 25.5 Å². The van der Waals surface area contributed by atoms with Gasteiger partial charge in [-0.2, -0.15) is 0 Å². The fourth-order valence-electron chi connectivity index (χ4n) is 3.65. The second-order valence-electron chi connectivity index (χ2n) is 8.05. The number of ketones is 1. The first-order valence-electron chi connectivity index (χ1n) is 10.9. The van der Waals surface area contributed by atoms with Gasteiger partial charge in [-0.25, -0.2) is 0 Å². The second kappa shape index (κ2) is 11.6. The predicted molar refractivity (Wildman–Crippen MR) is 125 cm³/mol. The lowest BCUT2D eigenvalue weighted by atomic mass is 9.89. The highest BCUT2D eigenvalue weighted by molar-refractivity contribution is 6.33. The number of esters is 1. The molecule has 0 radical (unpaired) electrons. The maximum absolute atomic E-state index is 12.4. The molecule has 7 nitrogen and oxygen atoms in total. The first-order chi connectivity index (χ1) is 15.8. The van der Waals surface area contributed by atoms with E-state index in [2.05, 4.69) is 5.32 Å². The predicted octanol–water partition coefficient (Wildman–Crippen LogP) is 3.82. The van der Waals surface area contributed by atoms with Gasteiger partial charge < -0.3 is 15.0 Å². The first-order valence-corrected chi connectivity index (χ1v) is 11.3. The maximum atomic E-state index is 12.4. The molecule has 0 atom stereocenters. The van der Waals surface area contributed by atoms with Crippen LogP contribution in [0.2, 0.25) is 5.02 Å². The van der Waals surface area contributed by atoms with E-state index in [4.69, 9.17) is 16.3 Å². The van der Waals surface area contributed by atoms with Crippen LogP contribution in [0.3, 0.4) is 0 Å². The van der Waals surface area contributed by atoms with Gasteiger partial charge in [-0.3, -0.25) is 19.2 Å². The number of halogens is 1. The van der Waals surface area contributed by atoms with E-state index in [1.165, 1.54) is 24.6 Å². The number of benzene rings is 2. The molecule has 0 fully saturated rings. The Balaban J connectivity index is 1.39. The average Bonchev–Trinajstić information content (AvgIpc) is 2.82. The summed E-state index contributed by atoms with van der Waals surface area (Å²) in [5.41, 5.74) is 3.55. The van der Waals surface area contributed by atoms with Gasteiger partial charge in [0.25, 0.3) is 5.91 Å². The van der Waals surface area contributed by atoms with Crippen molar-refractivity contribution < 1.29 is 23.9 Å². The second-order valence-corrected chi connectivity index (χ2v) is 8.46. The summed E-state index contributed by atoms with van der Waals surface area (Å²) in [5, 5.41) is 3.01. The Morgan fingerprint density at radius 3 is 2.48 bits per heavy atom. The fourth-order valence-corrected chi connectivity index (χ4v) is 3.83. The van der Waals surface area contributed by atoms with Crippen molar-refractivity contribution in [2.24, 2.45) is 0 Å². The van der Waals surface area contributed by atoms with Crippen LogP contribution < -0.4 is 5.32 Å². The van der Waals surface area contributed by atoms with Crippen LogP contribution in [0.4, 0.5) is 5.69 Å². The number of amides is 2.